The van der Waals surface area contributed by atoms with Crippen LogP contribution < -0.4 is 5.32 Å². The Hall–Kier alpha value is -2.12. The molecule has 0 aliphatic rings. The Bertz CT molecular complexity index is 1050. The third kappa shape index (κ3) is 4.42. The van der Waals surface area contributed by atoms with Crippen LogP contribution in [0.15, 0.2) is 76.7 Å². The van der Waals surface area contributed by atoms with E-state index in [1.807, 2.05) is 60.7 Å². The van der Waals surface area contributed by atoms with E-state index in [0.29, 0.717) is 26.8 Å². The number of nitrogens with one attached hydrogen (secondary N) is 1. The maximum atomic E-state index is 6.26. The number of halogens is 2. The van der Waals surface area contributed by atoms with Crippen LogP contribution in [-0.2, 0) is 0 Å². The number of pyridine rings is 1. The molecule has 27 heavy (non-hydrogen) atoms. The number of aromatic nitrogens is 3. The molecule has 0 atom stereocenters. The fraction of sp³-hybridized carbons (Fsp3) is 0. The lowest BCUT2D eigenvalue weighted by Crippen LogP contribution is -1.93. The molecule has 1 N–H and O–H groups in total. The summed E-state index contributed by atoms with van der Waals surface area (Å²) in [5, 5.41) is 5.13. The van der Waals surface area contributed by atoms with Crippen LogP contribution in [0.3, 0.4) is 0 Å². The van der Waals surface area contributed by atoms with E-state index in [2.05, 4.69) is 19.7 Å². The van der Waals surface area contributed by atoms with Gasteiger partial charge in [0.2, 0.25) is 5.13 Å². The highest BCUT2D eigenvalue weighted by Gasteiger charge is 2.10. The molecule has 0 bridgehead atoms. The van der Waals surface area contributed by atoms with Crippen LogP contribution in [0.25, 0.3) is 11.4 Å². The molecule has 0 aliphatic carbocycles. The summed E-state index contributed by atoms with van der Waals surface area (Å²) in [6.07, 6.45) is 1.73. The minimum atomic E-state index is 0.621. The molecule has 4 nitrogen and oxygen atoms in total. The van der Waals surface area contributed by atoms with E-state index >= 15 is 0 Å². The summed E-state index contributed by atoms with van der Waals surface area (Å²) in [7, 11) is 0. The van der Waals surface area contributed by atoms with Gasteiger partial charge in [-0.05, 0) is 24.3 Å². The van der Waals surface area contributed by atoms with E-state index in [1.54, 1.807) is 6.20 Å². The third-order valence-electron chi connectivity index (χ3n) is 3.56. The molecule has 4 rings (SSSR count). The van der Waals surface area contributed by atoms with Crippen LogP contribution in [-0.4, -0.2) is 14.3 Å². The lowest BCUT2D eigenvalue weighted by molar-refractivity contribution is 1.23. The number of anilines is 2. The van der Waals surface area contributed by atoms with Gasteiger partial charge in [-0.15, -0.1) is 0 Å². The second-order valence-corrected chi connectivity index (χ2v) is 8.09. The van der Waals surface area contributed by atoms with Gasteiger partial charge < -0.3 is 5.32 Å². The molecule has 4 aromatic rings. The zero-order chi connectivity index (χ0) is 18.6. The molecule has 0 spiro atoms. The maximum absolute atomic E-state index is 6.26. The monoisotopic (exact) mass is 430 g/mol. The predicted molar refractivity (Wildman–Crippen MR) is 113 cm³/mol. The SMILES string of the molecule is Clc1cccc(Cl)c1Sc1ccnc(Nc2nc(-c3ccccc3)ns2)c1. The van der Waals surface area contributed by atoms with E-state index in [-0.39, 0.29) is 0 Å². The fourth-order valence-corrected chi connectivity index (χ4v) is 4.42. The molecule has 0 aliphatic heterocycles. The van der Waals surface area contributed by atoms with Gasteiger partial charge in [0, 0.05) is 33.1 Å². The second-order valence-electron chi connectivity index (χ2n) is 5.44. The fourth-order valence-electron chi connectivity index (χ4n) is 2.33. The standard InChI is InChI=1S/C19H12Cl2N4S2/c20-14-7-4-8-15(21)17(14)26-13-9-10-22-16(11-13)23-19-24-18(25-27-19)12-5-2-1-3-6-12/h1-11H,(H,22,23,24,25). The highest BCUT2D eigenvalue weighted by molar-refractivity contribution is 7.99. The van der Waals surface area contributed by atoms with Crippen molar-refractivity contribution in [2.45, 2.75) is 9.79 Å². The van der Waals surface area contributed by atoms with Crippen LogP contribution in [0.5, 0.6) is 0 Å². The molecule has 2 aromatic heterocycles. The second kappa shape index (κ2) is 8.27. The average molecular weight is 431 g/mol. The van der Waals surface area contributed by atoms with Crippen LogP contribution in [0.4, 0.5) is 10.9 Å². The number of hydrogen-bond donors (Lipinski definition) is 1. The summed E-state index contributed by atoms with van der Waals surface area (Å²) in [5.41, 5.74) is 0.979. The molecular weight excluding hydrogens is 419 g/mol. The first-order valence-corrected chi connectivity index (χ1v) is 10.3. The van der Waals surface area contributed by atoms with Crippen molar-refractivity contribution >= 4 is 57.4 Å². The van der Waals surface area contributed by atoms with E-state index in [9.17, 15) is 0 Å². The van der Waals surface area contributed by atoms with Crippen LogP contribution in [0, 0.1) is 0 Å². The van der Waals surface area contributed by atoms with Crippen LogP contribution in [0.1, 0.15) is 0 Å². The normalized spacial score (nSPS) is 10.7. The molecule has 0 radical (unpaired) electrons. The molecule has 0 fully saturated rings. The zero-order valence-electron chi connectivity index (χ0n) is 13.8. The van der Waals surface area contributed by atoms with Crippen molar-refractivity contribution in [2.75, 3.05) is 5.32 Å². The number of benzene rings is 2. The van der Waals surface area contributed by atoms with Gasteiger partial charge in [-0.3, -0.25) is 0 Å². The smallest absolute Gasteiger partial charge is 0.208 e. The highest BCUT2D eigenvalue weighted by Crippen LogP contribution is 2.39. The van der Waals surface area contributed by atoms with Crippen molar-refractivity contribution in [3.8, 4) is 11.4 Å². The topological polar surface area (TPSA) is 50.7 Å². The Labute approximate surface area is 174 Å². The lowest BCUT2D eigenvalue weighted by Gasteiger charge is -2.08. The van der Waals surface area contributed by atoms with Gasteiger partial charge in [-0.25, -0.2) is 4.98 Å². The minimum absolute atomic E-state index is 0.621. The average Bonchev–Trinajstić information content (AvgIpc) is 3.14. The van der Waals surface area contributed by atoms with Crippen LogP contribution >= 0.6 is 46.5 Å². The van der Waals surface area contributed by atoms with E-state index in [4.69, 9.17) is 23.2 Å². The Morgan fingerprint density at radius 1 is 0.926 bits per heavy atom. The summed E-state index contributed by atoms with van der Waals surface area (Å²) in [5.74, 6) is 1.37. The van der Waals surface area contributed by atoms with E-state index in [1.165, 1.54) is 23.3 Å². The molecule has 0 saturated heterocycles. The van der Waals surface area contributed by atoms with Gasteiger partial charge in [0.15, 0.2) is 5.82 Å². The van der Waals surface area contributed by atoms with Gasteiger partial charge >= 0.3 is 0 Å². The highest BCUT2D eigenvalue weighted by atomic mass is 35.5. The van der Waals surface area contributed by atoms with Gasteiger partial charge in [-0.1, -0.05) is 71.4 Å². The van der Waals surface area contributed by atoms with Gasteiger partial charge in [0.1, 0.15) is 5.82 Å². The number of nitrogens with zero attached hydrogens (tertiary/aromatic N) is 3. The van der Waals surface area contributed by atoms with Crippen molar-refractivity contribution < 1.29 is 0 Å². The Morgan fingerprint density at radius 3 is 2.48 bits per heavy atom. The third-order valence-corrected chi connectivity index (χ3v) is 6.18. The number of rotatable bonds is 5. The summed E-state index contributed by atoms with van der Waals surface area (Å²) in [6.45, 7) is 0. The van der Waals surface area contributed by atoms with Crippen molar-refractivity contribution in [2.24, 2.45) is 0 Å². The van der Waals surface area contributed by atoms with Gasteiger partial charge in [0.05, 0.1) is 10.0 Å². The molecule has 2 heterocycles. The first-order valence-electron chi connectivity index (χ1n) is 7.93. The van der Waals surface area contributed by atoms with E-state index in [0.717, 1.165) is 15.4 Å². The Balaban J connectivity index is 1.53. The largest absolute Gasteiger partial charge is 0.315 e. The summed E-state index contributed by atoms with van der Waals surface area (Å²) in [4.78, 5) is 10.7. The maximum Gasteiger partial charge on any atom is 0.208 e. The first-order chi connectivity index (χ1) is 13.2. The molecule has 0 amide bonds. The number of hydrogen-bond acceptors (Lipinski definition) is 6. The molecule has 0 unspecified atom stereocenters. The quantitative estimate of drug-likeness (QED) is 0.377. The Morgan fingerprint density at radius 2 is 1.70 bits per heavy atom. The summed E-state index contributed by atoms with van der Waals surface area (Å²) >= 11 is 15.3. The lowest BCUT2D eigenvalue weighted by atomic mass is 10.2. The molecule has 8 heteroatoms. The molecule has 2 aromatic carbocycles. The summed E-state index contributed by atoms with van der Waals surface area (Å²) < 4.78 is 4.40. The van der Waals surface area contributed by atoms with Crippen molar-refractivity contribution in [3.63, 3.8) is 0 Å². The molecule has 134 valence electrons. The van der Waals surface area contributed by atoms with Gasteiger partial charge in [0.25, 0.3) is 0 Å². The first kappa shape index (κ1) is 18.3. The molecule has 0 saturated carbocycles. The summed E-state index contributed by atoms with van der Waals surface area (Å²) in [6, 6.07) is 19.2. The van der Waals surface area contributed by atoms with Crippen LogP contribution in [0.2, 0.25) is 10.0 Å². The van der Waals surface area contributed by atoms with Crippen molar-refractivity contribution in [1.29, 1.82) is 0 Å². The van der Waals surface area contributed by atoms with Crippen molar-refractivity contribution in [1.82, 2.24) is 14.3 Å². The minimum Gasteiger partial charge on any atom is -0.315 e. The zero-order valence-corrected chi connectivity index (χ0v) is 16.9. The Kier molecular flexibility index (Phi) is 5.59. The van der Waals surface area contributed by atoms with Gasteiger partial charge in [-0.2, -0.15) is 9.36 Å². The van der Waals surface area contributed by atoms with E-state index < -0.39 is 0 Å². The predicted octanol–water partition coefficient (Wildman–Crippen LogP) is 6.80. The van der Waals surface area contributed by atoms with Crippen molar-refractivity contribution in [3.05, 3.63) is 76.9 Å². The molecular formula is C19H12Cl2N4S2.